The second-order valence-electron chi connectivity index (χ2n) is 3.88. The molecule has 0 spiro atoms. The van der Waals surface area contributed by atoms with Crippen LogP contribution in [-0.2, 0) is 14.3 Å². The van der Waals surface area contributed by atoms with Crippen LogP contribution in [0.1, 0.15) is 0 Å². The summed E-state index contributed by atoms with van der Waals surface area (Å²) in [4.78, 5) is 11.2. The smallest absolute Gasteiger partial charge is 0.378 e. The molecule has 0 saturated carbocycles. The van der Waals surface area contributed by atoms with Crippen molar-refractivity contribution in [2.45, 2.75) is 24.4 Å². The van der Waals surface area contributed by atoms with Crippen LogP contribution in [-0.4, -0.2) is 68.9 Å². The van der Waals surface area contributed by atoms with Gasteiger partial charge in [-0.3, -0.25) is 0 Å². The SMILES string of the molecule is O=C1O[C@H]([C@@H](O)CO)C(O[C@H](CS)[C@H](O)CS)=C1O. The highest BCUT2D eigenvalue weighted by molar-refractivity contribution is 7.80. The minimum atomic E-state index is -1.43. The standard InChI is InChI=1S/C10H16O7S2/c11-1-4(12)8-9(7(14)10(15)17-8)16-6(3-19)5(13)2-18/h4-6,8,11-14,18-19H,1-3H2/t4-,5+,6+,8+/m0/s1. The highest BCUT2D eigenvalue weighted by Crippen LogP contribution is 2.27. The lowest BCUT2D eigenvalue weighted by Crippen LogP contribution is -2.37. The van der Waals surface area contributed by atoms with Crippen LogP contribution in [0.2, 0.25) is 0 Å². The van der Waals surface area contributed by atoms with E-state index < -0.39 is 42.8 Å². The molecule has 4 atom stereocenters. The van der Waals surface area contributed by atoms with E-state index in [1.165, 1.54) is 0 Å². The average Bonchev–Trinajstić information content (AvgIpc) is 2.70. The van der Waals surface area contributed by atoms with Gasteiger partial charge in [-0.25, -0.2) is 4.79 Å². The van der Waals surface area contributed by atoms with Gasteiger partial charge in [0.1, 0.15) is 18.3 Å². The largest absolute Gasteiger partial charge is 0.499 e. The summed E-state index contributed by atoms with van der Waals surface area (Å²) in [6.45, 7) is -0.682. The number of carbonyl (C=O) groups excluding carboxylic acids is 1. The molecule has 0 aliphatic carbocycles. The highest BCUT2D eigenvalue weighted by Gasteiger charge is 2.42. The third kappa shape index (κ3) is 3.69. The number of esters is 1. The molecule has 0 unspecified atom stereocenters. The lowest BCUT2D eigenvalue weighted by molar-refractivity contribution is -0.148. The molecule has 110 valence electrons. The van der Waals surface area contributed by atoms with Crippen LogP contribution in [0, 0.1) is 0 Å². The van der Waals surface area contributed by atoms with Crippen molar-refractivity contribution in [3.05, 3.63) is 11.5 Å². The van der Waals surface area contributed by atoms with Crippen molar-refractivity contribution in [2.75, 3.05) is 18.1 Å². The fourth-order valence-corrected chi connectivity index (χ4v) is 2.00. The summed E-state index contributed by atoms with van der Waals surface area (Å²) in [6.07, 6.45) is -4.58. The zero-order valence-corrected chi connectivity index (χ0v) is 11.6. The van der Waals surface area contributed by atoms with Gasteiger partial charge in [-0.15, -0.1) is 0 Å². The van der Waals surface area contributed by atoms with Crippen LogP contribution >= 0.6 is 25.3 Å². The Labute approximate surface area is 120 Å². The lowest BCUT2D eigenvalue weighted by Gasteiger charge is -2.25. The molecule has 1 aliphatic rings. The molecule has 19 heavy (non-hydrogen) atoms. The van der Waals surface area contributed by atoms with Gasteiger partial charge < -0.3 is 29.9 Å². The van der Waals surface area contributed by atoms with E-state index in [9.17, 15) is 20.1 Å². The molecule has 0 fully saturated rings. The quantitative estimate of drug-likeness (QED) is 0.254. The van der Waals surface area contributed by atoms with Gasteiger partial charge in [0.05, 0.1) is 6.61 Å². The molecule has 0 saturated heterocycles. The van der Waals surface area contributed by atoms with Crippen LogP contribution in [0.25, 0.3) is 0 Å². The molecule has 1 heterocycles. The second kappa shape index (κ2) is 7.25. The van der Waals surface area contributed by atoms with Crippen LogP contribution in [0.3, 0.4) is 0 Å². The number of cyclic esters (lactones) is 1. The lowest BCUT2D eigenvalue weighted by atomic mass is 10.1. The molecule has 0 aromatic carbocycles. The van der Waals surface area contributed by atoms with Gasteiger partial charge in [-0.05, 0) is 0 Å². The van der Waals surface area contributed by atoms with Crippen LogP contribution in [0.4, 0.5) is 0 Å². The van der Waals surface area contributed by atoms with Crippen molar-refractivity contribution < 1.29 is 34.7 Å². The molecule has 9 heteroatoms. The molecule has 7 nitrogen and oxygen atoms in total. The number of ether oxygens (including phenoxy) is 2. The Bertz CT molecular complexity index is 360. The Morgan fingerprint density at radius 3 is 2.42 bits per heavy atom. The van der Waals surface area contributed by atoms with E-state index in [0.29, 0.717) is 0 Å². The van der Waals surface area contributed by atoms with Gasteiger partial charge in [0.2, 0.25) is 5.76 Å². The van der Waals surface area contributed by atoms with Gasteiger partial charge in [-0.2, -0.15) is 25.3 Å². The normalized spacial score (nSPS) is 24.1. The van der Waals surface area contributed by atoms with Crippen molar-refractivity contribution in [1.82, 2.24) is 0 Å². The zero-order valence-electron chi connectivity index (χ0n) is 9.84. The number of hydrogen-bond donors (Lipinski definition) is 6. The first-order chi connectivity index (χ1) is 8.96. The molecule has 4 N–H and O–H groups in total. The Hall–Kier alpha value is -0.610. The Morgan fingerprint density at radius 1 is 1.32 bits per heavy atom. The van der Waals surface area contributed by atoms with E-state index in [0.717, 1.165) is 0 Å². The maximum absolute atomic E-state index is 11.2. The molecule has 0 amide bonds. The first-order valence-electron chi connectivity index (χ1n) is 5.45. The summed E-state index contributed by atoms with van der Waals surface area (Å²) >= 11 is 7.87. The van der Waals surface area contributed by atoms with Crippen molar-refractivity contribution in [3.8, 4) is 0 Å². The van der Waals surface area contributed by atoms with Crippen LogP contribution in [0.15, 0.2) is 11.5 Å². The third-order valence-corrected chi connectivity index (χ3v) is 3.26. The van der Waals surface area contributed by atoms with Gasteiger partial charge >= 0.3 is 5.97 Å². The molecular weight excluding hydrogens is 296 g/mol. The van der Waals surface area contributed by atoms with Crippen molar-refractivity contribution >= 4 is 31.2 Å². The molecule has 0 aromatic heterocycles. The summed E-state index contributed by atoms with van der Waals surface area (Å²) in [5.41, 5.74) is 0. The van der Waals surface area contributed by atoms with Gasteiger partial charge in [0.15, 0.2) is 11.9 Å². The van der Waals surface area contributed by atoms with E-state index >= 15 is 0 Å². The van der Waals surface area contributed by atoms with Crippen LogP contribution < -0.4 is 0 Å². The summed E-state index contributed by atoms with van der Waals surface area (Å²) in [5.74, 6) is -2.01. The first-order valence-corrected chi connectivity index (χ1v) is 6.72. The molecule has 1 rings (SSSR count). The summed E-state index contributed by atoms with van der Waals surface area (Å²) < 4.78 is 9.94. The first kappa shape index (κ1) is 16.4. The van der Waals surface area contributed by atoms with Crippen molar-refractivity contribution in [2.24, 2.45) is 0 Å². The maximum Gasteiger partial charge on any atom is 0.378 e. The van der Waals surface area contributed by atoms with E-state index in [1.54, 1.807) is 0 Å². The van der Waals surface area contributed by atoms with E-state index in [-0.39, 0.29) is 17.3 Å². The minimum absolute atomic E-state index is 0.0846. The fourth-order valence-electron chi connectivity index (χ4n) is 1.45. The summed E-state index contributed by atoms with van der Waals surface area (Å²) in [7, 11) is 0. The monoisotopic (exact) mass is 312 g/mol. The van der Waals surface area contributed by atoms with E-state index in [2.05, 4.69) is 30.0 Å². The predicted octanol–water partition coefficient (Wildman–Crippen LogP) is -1.36. The number of aliphatic hydroxyl groups is 4. The average molecular weight is 312 g/mol. The zero-order chi connectivity index (χ0) is 14.6. The molecule has 0 aromatic rings. The fraction of sp³-hybridized carbons (Fsp3) is 0.700. The number of aliphatic hydroxyl groups excluding tert-OH is 4. The molecule has 0 bridgehead atoms. The van der Waals surface area contributed by atoms with Crippen LogP contribution in [0.5, 0.6) is 0 Å². The Kier molecular flexibility index (Phi) is 6.27. The van der Waals surface area contributed by atoms with Gasteiger partial charge in [-0.1, -0.05) is 0 Å². The number of rotatable bonds is 7. The van der Waals surface area contributed by atoms with Gasteiger partial charge in [0.25, 0.3) is 0 Å². The third-order valence-electron chi connectivity index (χ3n) is 2.53. The van der Waals surface area contributed by atoms with E-state index in [1.807, 2.05) is 0 Å². The number of thiol groups is 2. The topological polar surface area (TPSA) is 116 Å². The number of carbonyl (C=O) groups is 1. The Morgan fingerprint density at radius 2 is 1.95 bits per heavy atom. The number of hydrogen-bond acceptors (Lipinski definition) is 9. The second-order valence-corrected chi connectivity index (χ2v) is 4.61. The summed E-state index contributed by atoms with van der Waals surface area (Å²) in [6, 6.07) is 0. The maximum atomic E-state index is 11.2. The highest BCUT2D eigenvalue weighted by atomic mass is 32.1. The molecule has 1 aliphatic heterocycles. The summed E-state index contributed by atoms with van der Waals surface area (Å²) in [5, 5.41) is 37.5. The predicted molar refractivity (Wildman–Crippen MR) is 71.2 cm³/mol. The van der Waals surface area contributed by atoms with Crippen molar-refractivity contribution in [3.63, 3.8) is 0 Å². The Balaban J connectivity index is 2.90. The minimum Gasteiger partial charge on any atom is -0.499 e. The molecule has 0 radical (unpaired) electrons. The van der Waals surface area contributed by atoms with Crippen molar-refractivity contribution in [1.29, 1.82) is 0 Å². The molecular formula is C10H16O7S2. The van der Waals surface area contributed by atoms with Gasteiger partial charge in [0, 0.05) is 11.5 Å². The van der Waals surface area contributed by atoms with E-state index in [4.69, 9.17) is 9.84 Å².